The maximum atomic E-state index is 12.4. The molecule has 0 unspecified atom stereocenters. The summed E-state index contributed by atoms with van der Waals surface area (Å²) in [6.07, 6.45) is 4.64. The molecule has 0 aliphatic heterocycles. The number of pyridine rings is 1. The number of hydrogen-bond acceptors (Lipinski definition) is 4. The monoisotopic (exact) mass is 357 g/mol. The van der Waals surface area contributed by atoms with Gasteiger partial charge in [-0.25, -0.2) is 4.98 Å². The van der Waals surface area contributed by atoms with Gasteiger partial charge in [0.2, 0.25) is 11.8 Å². The van der Waals surface area contributed by atoms with Gasteiger partial charge in [0.05, 0.1) is 0 Å². The van der Waals surface area contributed by atoms with Crippen LogP contribution in [0.2, 0.25) is 0 Å². The molecule has 1 aromatic carbocycles. The van der Waals surface area contributed by atoms with E-state index < -0.39 is 6.04 Å². The third-order valence-electron chi connectivity index (χ3n) is 3.71. The molecule has 1 atom stereocenters. The van der Waals surface area contributed by atoms with Crippen LogP contribution in [0, 0.1) is 0 Å². The standard InChI is InChI=1S/C19H23N3O2S/c1-3-18(23)21-16(11-12-25-2)19(24)22-17-10-9-15(13-20-17)14-7-5-4-6-8-14/h4-10,13,16H,3,11-12H2,1-2H3,(H,21,23)(H,20,22,24)/t16-/m0/s1. The van der Waals surface area contributed by atoms with Gasteiger partial charge in [0.1, 0.15) is 11.9 Å². The highest BCUT2D eigenvalue weighted by Crippen LogP contribution is 2.19. The molecular weight excluding hydrogens is 334 g/mol. The molecule has 1 aromatic heterocycles. The summed E-state index contributed by atoms with van der Waals surface area (Å²) in [6.45, 7) is 1.77. The Bertz CT molecular complexity index is 690. The number of hydrogen-bond donors (Lipinski definition) is 2. The van der Waals surface area contributed by atoms with Gasteiger partial charge in [0, 0.05) is 18.2 Å². The van der Waals surface area contributed by atoms with E-state index in [0.717, 1.165) is 16.9 Å². The third kappa shape index (κ3) is 5.90. The van der Waals surface area contributed by atoms with Crippen molar-refractivity contribution in [2.24, 2.45) is 0 Å². The number of nitrogens with zero attached hydrogens (tertiary/aromatic N) is 1. The van der Waals surface area contributed by atoms with Crippen LogP contribution in [0.4, 0.5) is 5.82 Å². The predicted octanol–water partition coefficient (Wildman–Crippen LogP) is 3.34. The summed E-state index contributed by atoms with van der Waals surface area (Å²) >= 11 is 1.64. The van der Waals surface area contributed by atoms with E-state index >= 15 is 0 Å². The maximum absolute atomic E-state index is 12.4. The summed E-state index contributed by atoms with van der Waals surface area (Å²) in [5, 5.41) is 5.55. The van der Waals surface area contributed by atoms with Crippen molar-refractivity contribution in [1.29, 1.82) is 0 Å². The van der Waals surface area contributed by atoms with E-state index in [-0.39, 0.29) is 11.8 Å². The van der Waals surface area contributed by atoms with Gasteiger partial charge in [-0.1, -0.05) is 37.3 Å². The van der Waals surface area contributed by atoms with Crippen LogP contribution in [-0.2, 0) is 9.59 Å². The second kappa shape index (κ2) is 9.84. The van der Waals surface area contributed by atoms with E-state index in [1.165, 1.54) is 0 Å². The first-order valence-electron chi connectivity index (χ1n) is 8.24. The third-order valence-corrected chi connectivity index (χ3v) is 4.35. The Labute approximate surface area is 152 Å². The number of amides is 2. The molecule has 0 bridgehead atoms. The zero-order valence-corrected chi connectivity index (χ0v) is 15.3. The minimum atomic E-state index is -0.546. The highest BCUT2D eigenvalue weighted by Gasteiger charge is 2.20. The lowest BCUT2D eigenvalue weighted by Crippen LogP contribution is -2.44. The predicted molar refractivity (Wildman–Crippen MR) is 104 cm³/mol. The van der Waals surface area contributed by atoms with Crippen LogP contribution in [0.1, 0.15) is 19.8 Å². The molecule has 0 aliphatic carbocycles. The Kier molecular flexibility index (Phi) is 7.47. The molecule has 2 rings (SSSR count). The van der Waals surface area contributed by atoms with Crippen LogP contribution in [0.25, 0.3) is 11.1 Å². The van der Waals surface area contributed by atoms with Gasteiger partial charge in [-0.15, -0.1) is 0 Å². The highest BCUT2D eigenvalue weighted by atomic mass is 32.2. The molecule has 0 saturated carbocycles. The number of rotatable bonds is 8. The molecule has 25 heavy (non-hydrogen) atoms. The number of aromatic nitrogens is 1. The Morgan fingerprint density at radius 2 is 1.88 bits per heavy atom. The Morgan fingerprint density at radius 1 is 1.12 bits per heavy atom. The number of carbonyl (C=O) groups is 2. The number of benzene rings is 1. The molecule has 0 fully saturated rings. The number of carbonyl (C=O) groups excluding carboxylic acids is 2. The van der Waals surface area contributed by atoms with E-state index in [2.05, 4.69) is 15.6 Å². The molecule has 0 aliphatic rings. The lowest BCUT2D eigenvalue weighted by Gasteiger charge is -2.17. The summed E-state index contributed by atoms with van der Waals surface area (Å²) in [5.41, 5.74) is 2.05. The fourth-order valence-electron chi connectivity index (χ4n) is 2.28. The van der Waals surface area contributed by atoms with Crippen LogP contribution in [0.15, 0.2) is 48.7 Å². The van der Waals surface area contributed by atoms with Gasteiger partial charge in [0.15, 0.2) is 0 Å². The second-order valence-electron chi connectivity index (χ2n) is 5.54. The quantitative estimate of drug-likeness (QED) is 0.760. The largest absolute Gasteiger partial charge is 0.344 e. The van der Waals surface area contributed by atoms with E-state index in [1.54, 1.807) is 30.9 Å². The average molecular weight is 357 g/mol. The number of thioether (sulfide) groups is 1. The van der Waals surface area contributed by atoms with Crippen molar-refractivity contribution in [1.82, 2.24) is 10.3 Å². The van der Waals surface area contributed by atoms with Crippen molar-refractivity contribution >= 4 is 29.4 Å². The van der Waals surface area contributed by atoms with Gasteiger partial charge in [-0.3, -0.25) is 9.59 Å². The van der Waals surface area contributed by atoms with Crippen molar-refractivity contribution in [2.75, 3.05) is 17.3 Å². The van der Waals surface area contributed by atoms with Crippen LogP contribution < -0.4 is 10.6 Å². The van der Waals surface area contributed by atoms with Crippen LogP contribution >= 0.6 is 11.8 Å². The molecular formula is C19H23N3O2S. The average Bonchev–Trinajstić information content (AvgIpc) is 2.66. The molecule has 132 valence electrons. The van der Waals surface area contributed by atoms with Crippen molar-refractivity contribution in [3.63, 3.8) is 0 Å². The highest BCUT2D eigenvalue weighted by molar-refractivity contribution is 7.98. The lowest BCUT2D eigenvalue weighted by molar-refractivity contribution is -0.126. The first kappa shape index (κ1) is 19.0. The van der Waals surface area contributed by atoms with E-state index in [1.807, 2.05) is 42.7 Å². The Hall–Kier alpha value is -2.34. The smallest absolute Gasteiger partial charge is 0.248 e. The van der Waals surface area contributed by atoms with Crippen LogP contribution in [0.3, 0.4) is 0 Å². The summed E-state index contributed by atoms with van der Waals surface area (Å²) in [6, 6.07) is 13.1. The molecule has 0 radical (unpaired) electrons. The molecule has 2 amide bonds. The van der Waals surface area contributed by atoms with E-state index in [9.17, 15) is 9.59 Å². The topological polar surface area (TPSA) is 71.1 Å². The fourth-order valence-corrected chi connectivity index (χ4v) is 2.75. The zero-order chi connectivity index (χ0) is 18.1. The van der Waals surface area contributed by atoms with Gasteiger partial charge >= 0.3 is 0 Å². The Balaban J connectivity index is 2.03. The maximum Gasteiger partial charge on any atom is 0.248 e. The SMILES string of the molecule is CCC(=O)N[C@@H](CCSC)C(=O)Nc1ccc(-c2ccccc2)cn1. The molecule has 2 N–H and O–H groups in total. The normalized spacial score (nSPS) is 11.6. The summed E-state index contributed by atoms with van der Waals surface area (Å²) in [7, 11) is 0. The molecule has 1 heterocycles. The van der Waals surface area contributed by atoms with Gasteiger partial charge in [0.25, 0.3) is 0 Å². The van der Waals surface area contributed by atoms with Gasteiger partial charge in [-0.05, 0) is 36.1 Å². The lowest BCUT2D eigenvalue weighted by atomic mass is 10.1. The number of anilines is 1. The molecule has 2 aromatic rings. The van der Waals surface area contributed by atoms with Gasteiger partial charge < -0.3 is 10.6 Å². The number of nitrogens with one attached hydrogen (secondary N) is 2. The van der Waals surface area contributed by atoms with Crippen molar-refractivity contribution in [2.45, 2.75) is 25.8 Å². The Morgan fingerprint density at radius 3 is 2.48 bits per heavy atom. The summed E-state index contributed by atoms with van der Waals surface area (Å²) < 4.78 is 0. The molecule has 0 saturated heterocycles. The summed E-state index contributed by atoms with van der Waals surface area (Å²) in [4.78, 5) is 28.4. The first-order valence-corrected chi connectivity index (χ1v) is 9.64. The minimum Gasteiger partial charge on any atom is -0.344 e. The van der Waals surface area contributed by atoms with Crippen molar-refractivity contribution in [3.05, 3.63) is 48.7 Å². The van der Waals surface area contributed by atoms with Crippen LogP contribution in [0.5, 0.6) is 0 Å². The molecule has 5 nitrogen and oxygen atoms in total. The van der Waals surface area contributed by atoms with E-state index in [0.29, 0.717) is 18.7 Å². The second-order valence-corrected chi connectivity index (χ2v) is 6.53. The summed E-state index contributed by atoms with van der Waals surface area (Å²) in [5.74, 6) is 0.900. The van der Waals surface area contributed by atoms with Crippen molar-refractivity contribution in [3.8, 4) is 11.1 Å². The molecule has 6 heteroatoms. The van der Waals surface area contributed by atoms with E-state index in [4.69, 9.17) is 0 Å². The zero-order valence-electron chi connectivity index (χ0n) is 14.5. The molecule has 0 spiro atoms. The fraction of sp³-hybridized carbons (Fsp3) is 0.316. The first-order chi connectivity index (χ1) is 12.1. The van der Waals surface area contributed by atoms with Crippen LogP contribution in [-0.4, -0.2) is 34.8 Å². The van der Waals surface area contributed by atoms with Crippen molar-refractivity contribution < 1.29 is 9.59 Å². The van der Waals surface area contributed by atoms with Gasteiger partial charge in [-0.2, -0.15) is 11.8 Å². The minimum absolute atomic E-state index is 0.131.